The summed E-state index contributed by atoms with van der Waals surface area (Å²) in [5.41, 5.74) is 1.89. The van der Waals surface area contributed by atoms with Crippen LogP contribution in [-0.4, -0.2) is 29.2 Å². The fourth-order valence-corrected chi connectivity index (χ4v) is 3.80. The minimum atomic E-state index is -1.00. The van der Waals surface area contributed by atoms with Gasteiger partial charge in [0.25, 0.3) is 0 Å². The molecule has 26 heavy (non-hydrogen) atoms. The van der Waals surface area contributed by atoms with Crippen molar-refractivity contribution in [2.75, 3.05) is 0 Å². The van der Waals surface area contributed by atoms with Gasteiger partial charge in [0.05, 0.1) is 24.2 Å². The molecule has 1 amide bonds. The first-order valence-electron chi connectivity index (χ1n) is 8.62. The molecule has 1 saturated heterocycles. The predicted molar refractivity (Wildman–Crippen MR) is 95.3 cm³/mol. The van der Waals surface area contributed by atoms with Crippen molar-refractivity contribution in [1.29, 1.82) is 0 Å². The maximum Gasteiger partial charge on any atom is 0.310 e. The third kappa shape index (κ3) is 2.91. The molecular weight excluding hydrogens is 330 g/mol. The van der Waals surface area contributed by atoms with Gasteiger partial charge < -0.3 is 15.2 Å². The summed E-state index contributed by atoms with van der Waals surface area (Å²) in [6.45, 7) is 0. The van der Waals surface area contributed by atoms with Crippen molar-refractivity contribution in [3.8, 4) is 0 Å². The minimum Gasteiger partial charge on any atom is -0.481 e. The van der Waals surface area contributed by atoms with Gasteiger partial charge in [-0.05, 0) is 11.1 Å². The van der Waals surface area contributed by atoms with Crippen LogP contribution in [0.25, 0.3) is 0 Å². The molecule has 0 radical (unpaired) electrons. The Balaban J connectivity index is 1.63. The maximum absolute atomic E-state index is 13.0. The summed E-state index contributed by atoms with van der Waals surface area (Å²) < 4.78 is 5.62. The average Bonchev–Trinajstić information content (AvgIpc) is 3.29. The van der Waals surface area contributed by atoms with Crippen LogP contribution in [0.5, 0.6) is 0 Å². The van der Waals surface area contributed by atoms with Gasteiger partial charge in [0.15, 0.2) is 0 Å². The zero-order valence-corrected chi connectivity index (χ0v) is 14.0. The molecule has 5 nitrogen and oxygen atoms in total. The maximum atomic E-state index is 13.0. The number of fused-ring (bicyclic) bond motifs is 2. The van der Waals surface area contributed by atoms with E-state index >= 15 is 0 Å². The van der Waals surface area contributed by atoms with Crippen molar-refractivity contribution in [2.24, 2.45) is 11.8 Å². The standard InChI is InChI=1S/C21H19NO4/c23-20(17-15-11-12-16(26-15)18(17)21(24)25)22-19(13-7-3-1-4-8-13)14-9-5-2-6-10-14/h1-12,15-19H,(H,22,23)(H,24,25)/t15-,16+,17+,18+/m1/s1. The topological polar surface area (TPSA) is 75.6 Å². The largest absolute Gasteiger partial charge is 0.481 e. The molecule has 5 heteroatoms. The van der Waals surface area contributed by atoms with E-state index in [1.165, 1.54) is 0 Å². The number of carbonyl (C=O) groups is 2. The second-order valence-corrected chi connectivity index (χ2v) is 6.60. The van der Waals surface area contributed by atoms with E-state index < -0.39 is 30.0 Å². The lowest BCUT2D eigenvalue weighted by molar-refractivity contribution is -0.146. The first kappa shape index (κ1) is 16.5. The molecule has 2 bridgehead atoms. The quantitative estimate of drug-likeness (QED) is 0.814. The third-order valence-electron chi connectivity index (χ3n) is 5.04. The van der Waals surface area contributed by atoms with E-state index in [1.54, 1.807) is 12.2 Å². The van der Waals surface area contributed by atoms with Gasteiger partial charge in [0.2, 0.25) is 5.91 Å². The molecule has 2 aromatic carbocycles. The van der Waals surface area contributed by atoms with Gasteiger partial charge in [-0.25, -0.2) is 0 Å². The molecule has 0 saturated carbocycles. The second-order valence-electron chi connectivity index (χ2n) is 6.60. The highest BCUT2D eigenvalue weighted by atomic mass is 16.5. The number of carboxylic acid groups (broad SMARTS) is 1. The summed E-state index contributed by atoms with van der Waals surface area (Å²) in [6, 6.07) is 19.0. The summed E-state index contributed by atoms with van der Waals surface area (Å²) in [7, 11) is 0. The summed E-state index contributed by atoms with van der Waals surface area (Å²) in [4.78, 5) is 24.7. The van der Waals surface area contributed by atoms with E-state index in [1.807, 2.05) is 60.7 Å². The van der Waals surface area contributed by atoms with Crippen LogP contribution in [0.15, 0.2) is 72.8 Å². The number of hydrogen-bond donors (Lipinski definition) is 2. The van der Waals surface area contributed by atoms with Crippen molar-refractivity contribution in [3.63, 3.8) is 0 Å². The summed E-state index contributed by atoms with van der Waals surface area (Å²) in [6.07, 6.45) is 2.52. The number of aliphatic carboxylic acids is 1. The highest BCUT2D eigenvalue weighted by Gasteiger charge is 2.53. The van der Waals surface area contributed by atoms with E-state index in [4.69, 9.17) is 4.74 Å². The lowest BCUT2D eigenvalue weighted by Gasteiger charge is -2.25. The Morgan fingerprint density at radius 3 is 1.85 bits per heavy atom. The summed E-state index contributed by atoms with van der Waals surface area (Å²) in [5, 5.41) is 12.6. The lowest BCUT2D eigenvalue weighted by atomic mass is 9.82. The van der Waals surface area contributed by atoms with Gasteiger partial charge in [-0.15, -0.1) is 0 Å². The molecule has 2 heterocycles. The Morgan fingerprint density at radius 1 is 0.846 bits per heavy atom. The van der Waals surface area contributed by atoms with Gasteiger partial charge in [-0.3, -0.25) is 9.59 Å². The average molecular weight is 349 g/mol. The number of carboxylic acids is 1. The first-order valence-corrected chi connectivity index (χ1v) is 8.62. The van der Waals surface area contributed by atoms with E-state index in [2.05, 4.69) is 5.32 Å². The second kappa shape index (κ2) is 6.77. The number of benzene rings is 2. The number of carbonyl (C=O) groups excluding carboxylic acids is 1. The van der Waals surface area contributed by atoms with Crippen LogP contribution >= 0.6 is 0 Å². The smallest absolute Gasteiger partial charge is 0.310 e. The monoisotopic (exact) mass is 349 g/mol. The van der Waals surface area contributed by atoms with E-state index in [0.29, 0.717) is 0 Å². The third-order valence-corrected chi connectivity index (χ3v) is 5.04. The van der Waals surface area contributed by atoms with Gasteiger partial charge >= 0.3 is 5.97 Å². The van der Waals surface area contributed by atoms with Crippen LogP contribution in [0, 0.1) is 11.8 Å². The Morgan fingerprint density at radius 2 is 1.35 bits per heavy atom. The lowest BCUT2D eigenvalue weighted by Crippen LogP contribution is -2.43. The van der Waals surface area contributed by atoms with Crippen molar-refractivity contribution in [2.45, 2.75) is 18.2 Å². The van der Waals surface area contributed by atoms with Gasteiger partial charge in [-0.2, -0.15) is 0 Å². The van der Waals surface area contributed by atoms with Crippen molar-refractivity contribution in [1.82, 2.24) is 5.32 Å². The van der Waals surface area contributed by atoms with Crippen molar-refractivity contribution in [3.05, 3.63) is 83.9 Å². The highest BCUT2D eigenvalue weighted by molar-refractivity contribution is 5.87. The zero-order chi connectivity index (χ0) is 18.1. The Hall–Kier alpha value is -2.92. The molecule has 0 aromatic heterocycles. The van der Waals surface area contributed by atoms with Crippen LogP contribution in [0.3, 0.4) is 0 Å². The Labute approximate surface area is 151 Å². The molecule has 0 aliphatic carbocycles. The van der Waals surface area contributed by atoms with Crippen molar-refractivity contribution >= 4 is 11.9 Å². The first-order chi connectivity index (χ1) is 12.6. The van der Waals surface area contributed by atoms with Crippen molar-refractivity contribution < 1.29 is 19.4 Å². The molecule has 0 spiro atoms. The molecule has 0 unspecified atom stereocenters. The van der Waals surface area contributed by atoms with Crippen LogP contribution in [0.1, 0.15) is 17.2 Å². The molecule has 2 N–H and O–H groups in total. The van der Waals surface area contributed by atoms with Crippen LogP contribution in [0.4, 0.5) is 0 Å². The number of hydrogen-bond acceptors (Lipinski definition) is 3. The number of amides is 1. The number of nitrogens with one attached hydrogen (secondary N) is 1. The summed E-state index contributed by atoms with van der Waals surface area (Å²) in [5.74, 6) is -2.88. The molecule has 2 aliphatic rings. The van der Waals surface area contributed by atoms with E-state index in [-0.39, 0.29) is 11.9 Å². The van der Waals surface area contributed by atoms with Crippen LogP contribution < -0.4 is 5.32 Å². The van der Waals surface area contributed by atoms with Gasteiger partial charge in [0.1, 0.15) is 5.92 Å². The molecular formula is C21H19NO4. The predicted octanol–water partition coefficient (Wildman–Crippen LogP) is 2.55. The molecule has 4 atom stereocenters. The Bertz CT molecular complexity index is 794. The fraction of sp³-hybridized carbons (Fsp3) is 0.238. The normalized spacial score (nSPS) is 26.2. The SMILES string of the molecule is O=C(O)[C@@H]1[C@@H](C(=O)NC(c2ccccc2)c2ccccc2)[C@H]2C=C[C@@H]1O2. The molecule has 2 aliphatic heterocycles. The van der Waals surface area contributed by atoms with Crippen LogP contribution in [-0.2, 0) is 14.3 Å². The molecule has 132 valence electrons. The fourth-order valence-electron chi connectivity index (χ4n) is 3.80. The number of ether oxygens (including phenoxy) is 1. The van der Waals surface area contributed by atoms with E-state index in [9.17, 15) is 14.7 Å². The van der Waals surface area contributed by atoms with E-state index in [0.717, 1.165) is 11.1 Å². The highest BCUT2D eigenvalue weighted by Crippen LogP contribution is 2.40. The van der Waals surface area contributed by atoms with Gasteiger partial charge in [-0.1, -0.05) is 72.8 Å². The number of rotatable bonds is 5. The molecule has 4 rings (SSSR count). The summed E-state index contributed by atoms with van der Waals surface area (Å²) >= 11 is 0. The molecule has 1 fully saturated rings. The Kier molecular flexibility index (Phi) is 4.31. The minimum absolute atomic E-state index is 0.299. The zero-order valence-electron chi connectivity index (χ0n) is 14.0. The van der Waals surface area contributed by atoms with Crippen LogP contribution in [0.2, 0.25) is 0 Å². The van der Waals surface area contributed by atoms with Gasteiger partial charge in [0, 0.05) is 0 Å². The molecule has 2 aromatic rings.